The molecule has 2 aromatic heterocycles. The Hall–Kier alpha value is -3.38. The average Bonchev–Trinajstić information content (AvgIpc) is 3.49. The van der Waals surface area contributed by atoms with Gasteiger partial charge < -0.3 is 20.5 Å². The molecule has 36 heavy (non-hydrogen) atoms. The zero-order valence-corrected chi connectivity index (χ0v) is 20.6. The Morgan fingerprint density at radius 2 is 2.11 bits per heavy atom. The highest BCUT2D eigenvalue weighted by Gasteiger charge is 2.43. The Balaban J connectivity index is 1.24. The van der Waals surface area contributed by atoms with E-state index in [2.05, 4.69) is 54.9 Å². The van der Waals surface area contributed by atoms with E-state index >= 15 is 0 Å². The van der Waals surface area contributed by atoms with Gasteiger partial charge in [-0.25, -0.2) is 9.37 Å². The van der Waals surface area contributed by atoms with Crippen LogP contribution in [0.1, 0.15) is 52.3 Å². The van der Waals surface area contributed by atoms with Crippen LogP contribution in [0.2, 0.25) is 0 Å². The number of aromatic nitrogens is 6. The first-order valence-corrected chi connectivity index (χ1v) is 12.3. The molecule has 190 valence electrons. The number of aliphatic hydroxyl groups is 1. The highest BCUT2D eigenvalue weighted by Crippen LogP contribution is 2.39. The molecule has 0 saturated carbocycles. The van der Waals surface area contributed by atoms with Gasteiger partial charge in [0.2, 0.25) is 5.95 Å². The summed E-state index contributed by atoms with van der Waals surface area (Å²) in [5, 5.41) is 28.9. The van der Waals surface area contributed by atoms with Crippen molar-refractivity contribution in [2.75, 3.05) is 23.8 Å². The van der Waals surface area contributed by atoms with Gasteiger partial charge in [0.05, 0.1) is 6.20 Å². The summed E-state index contributed by atoms with van der Waals surface area (Å²) < 4.78 is 21.9. The second-order valence-electron chi connectivity index (χ2n) is 10.8. The number of rotatable bonds is 4. The van der Waals surface area contributed by atoms with Crippen molar-refractivity contribution < 1.29 is 14.2 Å². The summed E-state index contributed by atoms with van der Waals surface area (Å²) in [4.78, 5) is 11.2. The molecule has 3 aromatic rings. The number of benzene rings is 1. The second-order valence-corrected chi connectivity index (χ2v) is 10.8. The minimum Gasteiger partial charge on any atom is -0.488 e. The first-order chi connectivity index (χ1) is 17.2. The van der Waals surface area contributed by atoms with E-state index in [1.165, 1.54) is 23.7 Å². The molecule has 5 heterocycles. The third kappa shape index (κ3) is 4.03. The Kier molecular flexibility index (Phi) is 5.34. The van der Waals surface area contributed by atoms with E-state index in [4.69, 9.17) is 4.74 Å². The van der Waals surface area contributed by atoms with E-state index in [1.807, 2.05) is 0 Å². The number of tetrazole rings is 1. The van der Waals surface area contributed by atoms with Gasteiger partial charge in [-0.3, -0.25) is 4.90 Å². The first kappa shape index (κ1) is 23.0. The molecule has 2 saturated heterocycles. The van der Waals surface area contributed by atoms with Crippen molar-refractivity contribution in [3.05, 3.63) is 36.0 Å². The molecule has 12 heteroatoms. The van der Waals surface area contributed by atoms with Crippen LogP contribution in [0, 0.1) is 5.82 Å². The summed E-state index contributed by atoms with van der Waals surface area (Å²) in [6, 6.07) is 5.97. The molecule has 2 fully saturated rings. The largest absolute Gasteiger partial charge is 0.488 e. The average molecular weight is 496 g/mol. The van der Waals surface area contributed by atoms with Crippen molar-refractivity contribution in [1.82, 2.24) is 35.1 Å². The molecule has 6 rings (SSSR count). The minimum atomic E-state index is -1.35. The fourth-order valence-electron chi connectivity index (χ4n) is 5.82. The Morgan fingerprint density at radius 1 is 1.25 bits per heavy atom. The smallest absolute Gasteiger partial charge is 0.229 e. The van der Waals surface area contributed by atoms with Crippen molar-refractivity contribution in [2.24, 2.45) is 0 Å². The molecule has 3 N–H and O–H groups in total. The second kappa shape index (κ2) is 8.34. The van der Waals surface area contributed by atoms with Crippen LogP contribution in [0.5, 0.6) is 5.75 Å². The number of piperidine rings is 1. The highest BCUT2D eigenvalue weighted by atomic mass is 19.1. The topological polar surface area (TPSA) is 126 Å². The molecular weight excluding hydrogens is 465 g/mol. The maximum Gasteiger partial charge on any atom is 0.229 e. The fraction of sp³-hybridized carbons (Fsp3) is 0.542. The van der Waals surface area contributed by atoms with E-state index in [0.717, 1.165) is 19.4 Å². The molecule has 3 unspecified atom stereocenters. The van der Waals surface area contributed by atoms with Crippen molar-refractivity contribution >= 4 is 17.5 Å². The Bertz CT molecular complexity index is 1290. The van der Waals surface area contributed by atoms with Crippen LogP contribution in [-0.4, -0.2) is 71.0 Å². The van der Waals surface area contributed by atoms with E-state index in [9.17, 15) is 9.50 Å². The van der Waals surface area contributed by atoms with Crippen molar-refractivity contribution in [2.45, 2.75) is 69.7 Å². The lowest BCUT2D eigenvalue weighted by Crippen LogP contribution is -2.55. The predicted octanol–water partition coefficient (Wildman–Crippen LogP) is 2.75. The third-order valence-electron chi connectivity index (χ3n) is 7.45. The summed E-state index contributed by atoms with van der Waals surface area (Å²) in [5.41, 5.74) is -0.0901. The third-order valence-corrected chi connectivity index (χ3v) is 7.45. The number of hydrogen-bond acceptors (Lipinski definition) is 10. The Labute approximate surface area is 208 Å². The van der Waals surface area contributed by atoms with Gasteiger partial charge in [0, 0.05) is 23.3 Å². The van der Waals surface area contributed by atoms with E-state index in [0.29, 0.717) is 23.2 Å². The fourth-order valence-corrected chi connectivity index (χ4v) is 5.82. The van der Waals surface area contributed by atoms with E-state index in [-0.39, 0.29) is 35.8 Å². The molecule has 0 bridgehead atoms. The van der Waals surface area contributed by atoms with Gasteiger partial charge in [0.1, 0.15) is 18.0 Å². The van der Waals surface area contributed by atoms with Crippen LogP contribution in [0.3, 0.4) is 0 Å². The number of halogens is 1. The van der Waals surface area contributed by atoms with Gasteiger partial charge in [0.15, 0.2) is 23.1 Å². The van der Waals surface area contributed by atoms with E-state index < -0.39 is 11.4 Å². The van der Waals surface area contributed by atoms with Gasteiger partial charge >= 0.3 is 0 Å². The molecule has 1 aromatic carbocycles. The number of fused-ring (bicyclic) bond motifs is 4. The van der Waals surface area contributed by atoms with Crippen LogP contribution in [0.25, 0.3) is 5.69 Å². The lowest BCUT2D eigenvalue weighted by molar-refractivity contribution is 0.00211. The molecular formula is C24H30FN9O2. The zero-order chi connectivity index (χ0) is 25.1. The molecule has 0 amide bonds. The van der Waals surface area contributed by atoms with Crippen molar-refractivity contribution in [3.8, 4) is 11.4 Å². The normalized spacial score (nSPS) is 26.8. The lowest BCUT2D eigenvalue weighted by atomic mass is 9.84. The van der Waals surface area contributed by atoms with Crippen LogP contribution >= 0.6 is 0 Å². The minimum absolute atomic E-state index is 0.0137. The van der Waals surface area contributed by atoms with Gasteiger partial charge in [-0.2, -0.15) is 9.67 Å². The molecule has 3 atom stereocenters. The number of hydrogen-bond donors (Lipinski definition) is 3. The quantitative estimate of drug-likeness (QED) is 0.497. The molecule has 0 aliphatic carbocycles. The number of nitrogens with zero attached hydrogens (tertiary/aromatic N) is 7. The van der Waals surface area contributed by atoms with Crippen LogP contribution in [0.4, 0.5) is 21.8 Å². The van der Waals surface area contributed by atoms with Crippen molar-refractivity contribution in [3.63, 3.8) is 0 Å². The zero-order valence-electron chi connectivity index (χ0n) is 20.6. The summed E-state index contributed by atoms with van der Waals surface area (Å²) in [6.45, 7) is 7.27. The van der Waals surface area contributed by atoms with Gasteiger partial charge in [-0.15, -0.1) is 5.10 Å². The summed E-state index contributed by atoms with van der Waals surface area (Å²) in [6.07, 6.45) is 5.46. The summed E-state index contributed by atoms with van der Waals surface area (Å²) in [5.74, 6) is 0.768. The summed E-state index contributed by atoms with van der Waals surface area (Å²) >= 11 is 0. The lowest BCUT2D eigenvalue weighted by Gasteiger charge is -2.47. The highest BCUT2D eigenvalue weighted by molar-refractivity contribution is 5.63. The van der Waals surface area contributed by atoms with Crippen LogP contribution in [0.15, 0.2) is 24.4 Å². The predicted molar refractivity (Wildman–Crippen MR) is 130 cm³/mol. The monoisotopic (exact) mass is 495 g/mol. The van der Waals surface area contributed by atoms with Crippen LogP contribution in [-0.2, 0) is 5.60 Å². The number of ether oxygens (including phenoxy) is 1. The SMILES string of the molecule is CC1(O)COc2ccc(Nc3ncc(F)c(NC4CC5CCCN5C(C)(C)C4)n3)cc2-n2nnnc21. The molecule has 3 aliphatic rings. The molecule has 0 spiro atoms. The standard InChI is InChI=1S/C24H30FN9O2/c1-23(2)11-15(9-16-5-4-8-33(16)23)27-20-17(25)12-26-22(29-20)28-14-6-7-19-18(10-14)34-21(30-31-32-34)24(3,35)13-36-19/h6-7,10,12,15-16,35H,4-5,8-9,11,13H2,1-3H3,(H2,26,27,28,29). The van der Waals surface area contributed by atoms with Gasteiger partial charge in [-0.05, 0) is 81.6 Å². The van der Waals surface area contributed by atoms with Crippen molar-refractivity contribution in [1.29, 1.82) is 0 Å². The molecule has 0 radical (unpaired) electrons. The Morgan fingerprint density at radius 3 is 2.97 bits per heavy atom. The maximum absolute atomic E-state index is 14.7. The first-order valence-electron chi connectivity index (χ1n) is 12.3. The van der Waals surface area contributed by atoms with Gasteiger partial charge in [0.25, 0.3) is 0 Å². The summed E-state index contributed by atoms with van der Waals surface area (Å²) in [7, 11) is 0. The number of anilines is 3. The number of nitrogens with one attached hydrogen (secondary N) is 2. The molecule has 3 aliphatic heterocycles. The maximum atomic E-state index is 14.7. The van der Waals surface area contributed by atoms with Gasteiger partial charge in [-0.1, -0.05) is 0 Å². The van der Waals surface area contributed by atoms with Crippen LogP contribution < -0.4 is 15.4 Å². The van der Waals surface area contributed by atoms with E-state index in [1.54, 1.807) is 25.1 Å². The molecule has 11 nitrogen and oxygen atoms in total.